The normalized spacial score (nSPS) is 11.7. The van der Waals surface area contributed by atoms with Gasteiger partial charge >= 0.3 is 0 Å². The zero-order valence-electron chi connectivity index (χ0n) is 14.7. The van der Waals surface area contributed by atoms with Gasteiger partial charge in [-0.05, 0) is 42.9 Å². The molecule has 0 saturated carbocycles. The predicted molar refractivity (Wildman–Crippen MR) is 123 cm³/mol. The Morgan fingerprint density at radius 3 is 1.93 bits per heavy atom. The summed E-state index contributed by atoms with van der Waals surface area (Å²) in [4.78, 5) is 13.4. The van der Waals surface area contributed by atoms with Crippen LogP contribution in [0.5, 0.6) is 0 Å². The second-order valence-electron chi connectivity index (χ2n) is 5.84. The Morgan fingerprint density at radius 2 is 1.36 bits per heavy atom. The van der Waals surface area contributed by atoms with E-state index >= 15 is 0 Å². The highest BCUT2D eigenvalue weighted by Gasteiger charge is 2.30. The first kappa shape index (κ1) is 21.2. The molecule has 142 valence electrons. The number of rotatable bonds is 5. The predicted octanol–water partition coefficient (Wildman–Crippen LogP) is 7.21. The van der Waals surface area contributed by atoms with Crippen molar-refractivity contribution in [3.05, 3.63) is 98.5 Å². The molecule has 3 aromatic carbocycles. The molecular formula is C21H14Cl3O2PS. The van der Waals surface area contributed by atoms with Crippen LogP contribution >= 0.6 is 55.2 Å². The number of halogens is 3. The van der Waals surface area contributed by atoms with Gasteiger partial charge in [0.15, 0.2) is 13.2 Å². The van der Waals surface area contributed by atoms with Crippen LogP contribution < -0.4 is 5.30 Å². The molecule has 0 saturated heterocycles. The Bertz CT molecular complexity index is 1000. The van der Waals surface area contributed by atoms with Gasteiger partial charge in [-0.15, -0.1) is 0 Å². The fourth-order valence-corrected chi connectivity index (χ4v) is 5.72. The number of hydrogen-bond acceptors (Lipinski definition) is 3. The first-order chi connectivity index (χ1) is 13.4. The third-order valence-electron chi connectivity index (χ3n) is 3.95. The highest BCUT2D eigenvalue weighted by atomic mass is 35.5. The van der Waals surface area contributed by atoms with Crippen molar-refractivity contribution in [1.29, 1.82) is 0 Å². The maximum absolute atomic E-state index is 13.4. The van der Waals surface area contributed by atoms with E-state index in [-0.39, 0.29) is 26.2 Å². The molecule has 0 aliphatic heterocycles. The average Bonchev–Trinajstić information content (AvgIpc) is 2.66. The van der Waals surface area contributed by atoms with Gasteiger partial charge in [-0.25, -0.2) is 0 Å². The van der Waals surface area contributed by atoms with Crippen molar-refractivity contribution in [2.24, 2.45) is 0 Å². The maximum atomic E-state index is 13.4. The summed E-state index contributed by atoms with van der Waals surface area (Å²) in [7, 11) is -1.82. The van der Waals surface area contributed by atoms with Gasteiger partial charge in [0, 0.05) is 10.9 Å². The van der Waals surface area contributed by atoms with E-state index in [1.807, 2.05) is 49.4 Å². The fraction of sp³-hybridized carbons (Fsp3) is 0.0476. The Hall–Kier alpha value is -1.48. The van der Waals surface area contributed by atoms with Gasteiger partial charge < -0.3 is 4.52 Å². The number of hydrogen-bond donors (Lipinski definition) is 0. The molecule has 0 aromatic heterocycles. The molecule has 3 rings (SSSR count). The molecule has 0 N–H and O–H groups in total. The monoisotopic (exact) mass is 466 g/mol. The summed E-state index contributed by atoms with van der Waals surface area (Å²) in [5, 5.41) is 1.87. The summed E-state index contributed by atoms with van der Waals surface area (Å²) in [6, 6.07) is 19.5. The van der Waals surface area contributed by atoms with Gasteiger partial charge in [-0.3, -0.25) is 4.79 Å². The molecule has 0 fully saturated rings. The molecule has 7 heteroatoms. The molecular weight excluding hydrogens is 454 g/mol. The number of carbonyl (C=O) groups is 1. The lowest BCUT2D eigenvalue weighted by Gasteiger charge is -2.20. The van der Waals surface area contributed by atoms with Crippen molar-refractivity contribution in [2.45, 2.75) is 6.92 Å². The Kier molecular flexibility index (Phi) is 7.09. The molecule has 1 atom stereocenters. The van der Waals surface area contributed by atoms with Crippen molar-refractivity contribution in [2.75, 3.05) is 0 Å². The molecule has 3 aromatic rings. The van der Waals surface area contributed by atoms with Crippen LogP contribution in [0.15, 0.2) is 66.7 Å². The molecule has 0 bridgehead atoms. The van der Waals surface area contributed by atoms with E-state index in [0.29, 0.717) is 15.9 Å². The molecule has 2 nitrogen and oxygen atoms in total. The molecule has 0 amide bonds. The smallest absolute Gasteiger partial charge is 0.231 e. The molecule has 0 aliphatic rings. The molecule has 28 heavy (non-hydrogen) atoms. The third kappa shape index (κ3) is 4.56. The van der Waals surface area contributed by atoms with Crippen LogP contribution in [-0.4, -0.2) is 10.6 Å². The van der Waals surface area contributed by atoms with E-state index in [1.54, 1.807) is 24.3 Å². The average molecular weight is 468 g/mol. The summed E-state index contributed by atoms with van der Waals surface area (Å²) < 4.78 is 6.06. The lowest BCUT2D eigenvalue weighted by Crippen LogP contribution is -2.15. The minimum absolute atomic E-state index is 0.162. The van der Waals surface area contributed by atoms with E-state index in [0.717, 1.165) is 5.56 Å². The van der Waals surface area contributed by atoms with Crippen molar-refractivity contribution < 1.29 is 9.32 Å². The zero-order chi connectivity index (χ0) is 20.3. The first-order valence-corrected chi connectivity index (χ1v) is 11.0. The fourth-order valence-electron chi connectivity index (χ4n) is 2.60. The first-order valence-electron chi connectivity index (χ1n) is 8.21. The quantitative estimate of drug-likeness (QED) is 0.293. The van der Waals surface area contributed by atoms with E-state index in [1.165, 1.54) is 0 Å². The zero-order valence-corrected chi connectivity index (χ0v) is 18.6. The molecule has 1 unspecified atom stereocenters. The van der Waals surface area contributed by atoms with Crippen LogP contribution in [0.2, 0.25) is 15.1 Å². The van der Waals surface area contributed by atoms with Gasteiger partial charge in [0.1, 0.15) is 0 Å². The SMILES string of the molecule is Cc1cccc(Cl)c1C(=S)OP(C(=O)c1c(Cl)cccc1Cl)c1ccccc1. The van der Waals surface area contributed by atoms with Gasteiger partial charge in [0.2, 0.25) is 5.52 Å². The summed E-state index contributed by atoms with van der Waals surface area (Å²) in [5.74, 6) is 0. The Labute approximate surface area is 185 Å². The second kappa shape index (κ2) is 9.35. The van der Waals surface area contributed by atoms with Crippen LogP contribution in [0.25, 0.3) is 0 Å². The van der Waals surface area contributed by atoms with Crippen molar-refractivity contribution in [3.8, 4) is 0 Å². The largest absolute Gasteiger partial charge is 0.450 e. The second-order valence-corrected chi connectivity index (χ2v) is 9.13. The van der Waals surface area contributed by atoms with Gasteiger partial charge in [0.05, 0.1) is 20.6 Å². The lowest BCUT2D eigenvalue weighted by atomic mass is 10.1. The standard InChI is InChI=1S/C21H14Cl3O2PS/c1-13-7-5-10-15(22)18(13)21(28)26-27(14-8-3-2-4-9-14)20(25)19-16(23)11-6-12-17(19)24/h2-12H,1H3. The summed E-state index contributed by atoms with van der Waals surface area (Å²) in [6.45, 7) is 1.88. The van der Waals surface area contributed by atoms with Crippen molar-refractivity contribution >= 4 is 71.0 Å². The highest BCUT2D eigenvalue weighted by Crippen LogP contribution is 2.44. The van der Waals surface area contributed by atoms with E-state index < -0.39 is 8.15 Å². The minimum Gasteiger partial charge on any atom is -0.450 e. The van der Waals surface area contributed by atoms with E-state index in [9.17, 15) is 4.79 Å². The van der Waals surface area contributed by atoms with Crippen LogP contribution in [0, 0.1) is 6.92 Å². The van der Waals surface area contributed by atoms with E-state index in [2.05, 4.69) is 0 Å². The topological polar surface area (TPSA) is 26.3 Å². The maximum Gasteiger partial charge on any atom is 0.231 e. The van der Waals surface area contributed by atoms with Gasteiger partial charge in [-0.2, -0.15) is 0 Å². The summed E-state index contributed by atoms with van der Waals surface area (Å²) >= 11 is 24.3. The number of thiocarbonyl (C=S) groups is 1. The third-order valence-corrected chi connectivity index (χ3v) is 7.03. The Morgan fingerprint density at radius 1 is 0.821 bits per heavy atom. The number of aryl methyl sites for hydroxylation is 1. The van der Waals surface area contributed by atoms with Crippen LogP contribution in [-0.2, 0) is 4.52 Å². The Balaban J connectivity index is 2.04. The molecule has 0 aliphatic carbocycles. The number of carbonyl (C=O) groups excluding carboxylic acids is 1. The van der Waals surface area contributed by atoms with Crippen molar-refractivity contribution in [1.82, 2.24) is 0 Å². The summed E-state index contributed by atoms with van der Waals surface area (Å²) in [6.07, 6.45) is 0. The van der Waals surface area contributed by atoms with Crippen molar-refractivity contribution in [3.63, 3.8) is 0 Å². The number of benzene rings is 3. The van der Waals surface area contributed by atoms with Gasteiger partial charge in [0.25, 0.3) is 0 Å². The van der Waals surface area contributed by atoms with Crippen LogP contribution in [0.3, 0.4) is 0 Å². The van der Waals surface area contributed by atoms with Gasteiger partial charge in [-0.1, -0.05) is 83.3 Å². The van der Waals surface area contributed by atoms with Crippen LogP contribution in [0.1, 0.15) is 21.5 Å². The molecule has 0 heterocycles. The molecule has 0 radical (unpaired) electrons. The lowest BCUT2D eigenvalue weighted by molar-refractivity contribution is 0.107. The summed E-state index contributed by atoms with van der Waals surface area (Å²) in [5.41, 5.74) is 1.37. The highest BCUT2D eigenvalue weighted by molar-refractivity contribution is 7.83. The van der Waals surface area contributed by atoms with E-state index in [4.69, 9.17) is 51.5 Å². The molecule has 0 spiro atoms. The van der Waals surface area contributed by atoms with Crippen LogP contribution in [0.4, 0.5) is 0 Å². The minimum atomic E-state index is -1.82.